The summed E-state index contributed by atoms with van der Waals surface area (Å²) in [4.78, 5) is 32.6. The maximum Gasteiger partial charge on any atom is 0.326 e. The van der Waals surface area contributed by atoms with Crippen molar-refractivity contribution in [2.24, 2.45) is 5.73 Å². The molecule has 0 aromatic carbocycles. The summed E-state index contributed by atoms with van der Waals surface area (Å²) in [6.45, 7) is 1.12. The highest BCUT2D eigenvalue weighted by molar-refractivity contribution is 7.92. The average Bonchev–Trinajstić information content (AvgIpc) is 2.13. The Morgan fingerprint density at radius 3 is 2.12 bits per heavy atom. The number of carbonyl (C=O) groups excluding carboxylic acids is 2. The molecule has 0 aromatic heterocycles. The molecule has 9 heteroatoms. The zero-order chi connectivity index (χ0) is 13.8. The van der Waals surface area contributed by atoms with Gasteiger partial charge in [-0.3, -0.25) is 9.59 Å². The fourth-order valence-corrected chi connectivity index (χ4v) is 1.34. The number of hydrogen-bond acceptors (Lipinski definition) is 5. The molecular formula is C8H14N2O6S. The van der Waals surface area contributed by atoms with Crippen molar-refractivity contribution in [2.75, 3.05) is 6.26 Å². The van der Waals surface area contributed by atoms with E-state index in [9.17, 15) is 22.8 Å². The van der Waals surface area contributed by atoms with Crippen LogP contribution in [-0.4, -0.2) is 48.9 Å². The number of carboxylic acids is 1. The SMILES string of the molecule is CC(C(=O)NC(CC(N)=O)C(=O)O)S(C)(=O)=O. The minimum atomic E-state index is -3.62. The molecule has 2 amide bonds. The van der Waals surface area contributed by atoms with Crippen LogP contribution in [0.25, 0.3) is 0 Å². The summed E-state index contributed by atoms with van der Waals surface area (Å²) in [6.07, 6.45) is 0.249. The Bertz CT molecular complexity index is 429. The largest absolute Gasteiger partial charge is 0.480 e. The summed E-state index contributed by atoms with van der Waals surface area (Å²) >= 11 is 0. The van der Waals surface area contributed by atoms with Crippen LogP contribution < -0.4 is 11.1 Å². The lowest BCUT2D eigenvalue weighted by Crippen LogP contribution is -2.48. The van der Waals surface area contributed by atoms with Gasteiger partial charge in [0.25, 0.3) is 0 Å². The number of carbonyl (C=O) groups is 3. The molecule has 0 radical (unpaired) electrons. The van der Waals surface area contributed by atoms with Crippen molar-refractivity contribution in [3.63, 3.8) is 0 Å². The van der Waals surface area contributed by atoms with Crippen molar-refractivity contribution >= 4 is 27.6 Å². The number of hydrogen-bond donors (Lipinski definition) is 3. The Morgan fingerprint density at radius 1 is 1.35 bits per heavy atom. The Hall–Kier alpha value is -1.64. The van der Waals surface area contributed by atoms with Gasteiger partial charge in [0, 0.05) is 6.26 Å². The number of amides is 2. The van der Waals surface area contributed by atoms with Gasteiger partial charge >= 0.3 is 5.97 Å². The van der Waals surface area contributed by atoms with Crippen LogP contribution in [0.5, 0.6) is 0 Å². The molecule has 0 aliphatic carbocycles. The maximum absolute atomic E-state index is 11.4. The summed E-state index contributed by atoms with van der Waals surface area (Å²) in [7, 11) is -3.62. The minimum Gasteiger partial charge on any atom is -0.480 e. The molecule has 0 aliphatic heterocycles. The topological polar surface area (TPSA) is 144 Å². The van der Waals surface area contributed by atoms with Crippen molar-refractivity contribution in [3.8, 4) is 0 Å². The molecule has 2 unspecified atom stereocenters. The fraction of sp³-hybridized carbons (Fsp3) is 0.625. The second kappa shape index (κ2) is 5.62. The summed E-state index contributed by atoms with van der Waals surface area (Å²) in [5, 5.41) is 9.23. The maximum atomic E-state index is 11.4. The fourth-order valence-electron chi connectivity index (χ4n) is 0.885. The first-order valence-electron chi connectivity index (χ1n) is 4.56. The van der Waals surface area contributed by atoms with Gasteiger partial charge in [-0.2, -0.15) is 0 Å². The first-order valence-corrected chi connectivity index (χ1v) is 6.51. The normalized spacial score (nSPS) is 14.7. The van der Waals surface area contributed by atoms with Crippen LogP contribution in [0.3, 0.4) is 0 Å². The zero-order valence-electron chi connectivity index (χ0n) is 9.34. The van der Waals surface area contributed by atoms with Gasteiger partial charge in [0.05, 0.1) is 6.42 Å². The molecule has 8 nitrogen and oxygen atoms in total. The van der Waals surface area contributed by atoms with Crippen LogP contribution in [0.1, 0.15) is 13.3 Å². The van der Waals surface area contributed by atoms with Crippen LogP contribution in [0, 0.1) is 0 Å². The highest BCUT2D eigenvalue weighted by atomic mass is 32.2. The van der Waals surface area contributed by atoms with E-state index in [0.29, 0.717) is 0 Å². The summed E-state index contributed by atoms with van der Waals surface area (Å²) in [5.41, 5.74) is 4.80. The van der Waals surface area contributed by atoms with Gasteiger partial charge in [-0.05, 0) is 6.92 Å². The quantitative estimate of drug-likeness (QED) is 0.500. The summed E-state index contributed by atoms with van der Waals surface area (Å²) in [5.74, 6) is -3.36. The van der Waals surface area contributed by atoms with E-state index in [1.165, 1.54) is 0 Å². The Morgan fingerprint density at radius 2 is 1.82 bits per heavy atom. The van der Waals surface area contributed by atoms with Gasteiger partial charge in [-0.25, -0.2) is 13.2 Å². The van der Waals surface area contributed by atoms with Gasteiger partial charge in [0.1, 0.15) is 11.3 Å². The molecule has 0 aromatic rings. The first-order chi connectivity index (χ1) is 7.55. The lowest BCUT2D eigenvalue weighted by atomic mass is 10.2. The van der Waals surface area contributed by atoms with Gasteiger partial charge < -0.3 is 16.2 Å². The lowest BCUT2D eigenvalue weighted by Gasteiger charge is -2.15. The van der Waals surface area contributed by atoms with E-state index < -0.39 is 45.3 Å². The number of rotatable bonds is 6. The van der Waals surface area contributed by atoms with Crippen LogP contribution in [0.4, 0.5) is 0 Å². The molecule has 17 heavy (non-hydrogen) atoms. The minimum absolute atomic E-state index is 0.600. The van der Waals surface area contributed by atoms with Gasteiger partial charge in [-0.15, -0.1) is 0 Å². The van der Waals surface area contributed by atoms with Crippen LogP contribution in [-0.2, 0) is 24.2 Å². The Kier molecular flexibility index (Phi) is 5.08. The van der Waals surface area contributed by atoms with E-state index in [0.717, 1.165) is 13.2 Å². The molecule has 4 N–H and O–H groups in total. The molecule has 0 heterocycles. The van der Waals surface area contributed by atoms with Gasteiger partial charge in [0.15, 0.2) is 9.84 Å². The van der Waals surface area contributed by atoms with Crippen LogP contribution in [0.2, 0.25) is 0 Å². The predicted octanol–water partition coefficient (Wildman–Crippen LogP) is -2.14. The third kappa shape index (κ3) is 5.29. The predicted molar refractivity (Wildman–Crippen MR) is 57.7 cm³/mol. The van der Waals surface area contributed by atoms with E-state index in [1.807, 2.05) is 5.32 Å². The van der Waals surface area contributed by atoms with E-state index >= 15 is 0 Å². The lowest BCUT2D eigenvalue weighted by molar-refractivity contribution is -0.143. The van der Waals surface area contributed by atoms with Crippen LogP contribution in [0.15, 0.2) is 0 Å². The van der Waals surface area contributed by atoms with Gasteiger partial charge in [-0.1, -0.05) is 0 Å². The molecule has 0 rings (SSSR count). The van der Waals surface area contributed by atoms with E-state index in [2.05, 4.69) is 0 Å². The number of primary amides is 1. The van der Waals surface area contributed by atoms with E-state index in [-0.39, 0.29) is 0 Å². The zero-order valence-corrected chi connectivity index (χ0v) is 10.2. The second-order valence-corrected chi connectivity index (χ2v) is 5.91. The first kappa shape index (κ1) is 15.4. The van der Waals surface area contributed by atoms with Crippen LogP contribution >= 0.6 is 0 Å². The van der Waals surface area contributed by atoms with E-state index in [1.54, 1.807) is 0 Å². The van der Waals surface area contributed by atoms with Crippen molar-refractivity contribution in [2.45, 2.75) is 24.6 Å². The summed E-state index contributed by atoms with van der Waals surface area (Å²) in [6, 6.07) is -1.52. The Balaban J connectivity index is 4.74. The third-order valence-electron chi connectivity index (χ3n) is 2.03. The van der Waals surface area contributed by atoms with Crippen molar-refractivity contribution in [1.82, 2.24) is 5.32 Å². The molecule has 0 fully saturated rings. The molecule has 0 bridgehead atoms. The molecule has 98 valence electrons. The Labute approximate surface area is 98.1 Å². The third-order valence-corrected chi connectivity index (χ3v) is 3.53. The van der Waals surface area contributed by atoms with Crippen molar-refractivity contribution in [3.05, 3.63) is 0 Å². The van der Waals surface area contributed by atoms with E-state index in [4.69, 9.17) is 10.8 Å². The highest BCUT2D eigenvalue weighted by Gasteiger charge is 2.29. The number of aliphatic carboxylic acids is 1. The van der Waals surface area contributed by atoms with Crippen molar-refractivity contribution < 1.29 is 27.9 Å². The number of sulfone groups is 1. The monoisotopic (exact) mass is 266 g/mol. The highest BCUT2D eigenvalue weighted by Crippen LogP contribution is 2.00. The number of nitrogens with two attached hydrogens (primary N) is 1. The number of nitrogens with one attached hydrogen (secondary N) is 1. The molecule has 0 saturated heterocycles. The smallest absolute Gasteiger partial charge is 0.326 e. The molecule has 0 aliphatic rings. The average molecular weight is 266 g/mol. The standard InChI is InChI=1S/C8H14N2O6S/c1-4(17(2,15)16)7(12)10-5(8(13)14)3-6(9)11/h4-5H,3H2,1-2H3,(H2,9,11)(H,10,12)(H,13,14). The molecule has 0 spiro atoms. The molecular weight excluding hydrogens is 252 g/mol. The van der Waals surface area contributed by atoms with Crippen molar-refractivity contribution in [1.29, 1.82) is 0 Å². The number of carboxylic acid groups (broad SMARTS) is 1. The molecule has 0 saturated carbocycles. The van der Waals surface area contributed by atoms with Gasteiger partial charge in [0.2, 0.25) is 11.8 Å². The summed E-state index contributed by atoms with van der Waals surface area (Å²) < 4.78 is 22.1. The second-order valence-electron chi connectivity index (χ2n) is 3.54. The molecule has 2 atom stereocenters.